The number of rotatable bonds is 5. The number of ether oxygens (including phenoxy) is 1. The number of alkyl halides is 3. The first kappa shape index (κ1) is 21.7. The number of amides is 1. The molecule has 0 atom stereocenters. The minimum atomic E-state index is -4.38. The highest BCUT2D eigenvalue weighted by Crippen LogP contribution is 2.32. The van der Waals surface area contributed by atoms with E-state index in [1.54, 1.807) is 17.0 Å². The SMILES string of the molecule is O=C(c1ccccc1COc1ccccc1)N1CCN(c2cccc(C(F)(F)F)c2)CC1. The molecule has 4 nitrogen and oxygen atoms in total. The van der Waals surface area contributed by atoms with Crippen molar-refractivity contribution in [2.45, 2.75) is 12.8 Å². The van der Waals surface area contributed by atoms with Crippen LogP contribution >= 0.6 is 0 Å². The van der Waals surface area contributed by atoms with E-state index >= 15 is 0 Å². The molecule has 4 rings (SSSR count). The third kappa shape index (κ3) is 5.04. The minimum Gasteiger partial charge on any atom is -0.489 e. The van der Waals surface area contributed by atoms with Gasteiger partial charge in [0.15, 0.2) is 0 Å². The molecule has 1 amide bonds. The van der Waals surface area contributed by atoms with Crippen molar-refractivity contribution in [1.82, 2.24) is 4.90 Å². The molecule has 1 fully saturated rings. The number of para-hydroxylation sites is 1. The Kier molecular flexibility index (Phi) is 6.35. The van der Waals surface area contributed by atoms with Crippen LogP contribution in [0.2, 0.25) is 0 Å². The fourth-order valence-electron chi connectivity index (χ4n) is 3.75. The van der Waals surface area contributed by atoms with Gasteiger partial charge in [0.25, 0.3) is 5.91 Å². The fourth-order valence-corrected chi connectivity index (χ4v) is 3.75. The van der Waals surface area contributed by atoms with E-state index in [9.17, 15) is 18.0 Å². The summed E-state index contributed by atoms with van der Waals surface area (Å²) in [6.45, 7) is 2.08. The van der Waals surface area contributed by atoms with Crippen molar-refractivity contribution in [2.24, 2.45) is 0 Å². The number of carbonyl (C=O) groups is 1. The summed E-state index contributed by atoms with van der Waals surface area (Å²) in [6.07, 6.45) is -4.38. The predicted octanol–water partition coefficient (Wildman–Crippen LogP) is 5.25. The first-order chi connectivity index (χ1) is 15.4. The van der Waals surface area contributed by atoms with E-state index < -0.39 is 11.7 Å². The van der Waals surface area contributed by atoms with Crippen LogP contribution in [0.25, 0.3) is 0 Å². The number of anilines is 1. The molecular formula is C25H23F3N2O2. The second-order valence-electron chi connectivity index (χ2n) is 7.59. The number of nitrogens with zero attached hydrogens (tertiary/aromatic N) is 2. The van der Waals surface area contributed by atoms with Gasteiger partial charge in [-0.15, -0.1) is 0 Å². The molecule has 0 N–H and O–H groups in total. The Balaban J connectivity index is 1.41. The zero-order valence-electron chi connectivity index (χ0n) is 17.4. The van der Waals surface area contributed by atoms with Crippen LogP contribution in [-0.4, -0.2) is 37.0 Å². The topological polar surface area (TPSA) is 32.8 Å². The number of benzene rings is 3. The molecule has 1 aliphatic rings. The Hall–Kier alpha value is -3.48. The quantitative estimate of drug-likeness (QED) is 0.544. The number of hydrogen-bond donors (Lipinski definition) is 0. The van der Waals surface area contributed by atoms with Gasteiger partial charge in [0, 0.05) is 43.0 Å². The maximum atomic E-state index is 13.2. The van der Waals surface area contributed by atoms with Crippen LogP contribution < -0.4 is 9.64 Å². The highest BCUT2D eigenvalue weighted by atomic mass is 19.4. The standard InChI is InChI=1S/C25H23F3N2O2/c26-25(27,28)20-8-6-9-21(17-20)29-13-15-30(16-14-29)24(31)23-12-5-4-7-19(23)18-32-22-10-2-1-3-11-22/h1-12,17H,13-16,18H2. The Labute approximate surface area is 184 Å². The molecule has 0 bridgehead atoms. The Bertz CT molecular complexity index is 1060. The summed E-state index contributed by atoms with van der Waals surface area (Å²) in [5.74, 6) is 0.630. The minimum absolute atomic E-state index is 0.0963. The lowest BCUT2D eigenvalue weighted by Gasteiger charge is -2.36. The van der Waals surface area contributed by atoms with Gasteiger partial charge in [0.2, 0.25) is 0 Å². The summed E-state index contributed by atoms with van der Waals surface area (Å²) in [5.41, 5.74) is 1.22. The maximum absolute atomic E-state index is 13.2. The van der Waals surface area contributed by atoms with Crippen molar-refractivity contribution in [2.75, 3.05) is 31.1 Å². The van der Waals surface area contributed by atoms with Gasteiger partial charge < -0.3 is 14.5 Å². The molecule has 0 spiro atoms. The van der Waals surface area contributed by atoms with Gasteiger partial charge in [-0.3, -0.25) is 4.79 Å². The molecule has 0 saturated carbocycles. The van der Waals surface area contributed by atoms with Crippen LogP contribution in [0.1, 0.15) is 21.5 Å². The van der Waals surface area contributed by atoms with Crippen LogP contribution in [0.3, 0.4) is 0 Å². The summed E-state index contributed by atoms with van der Waals surface area (Å²) < 4.78 is 44.9. The van der Waals surface area contributed by atoms with E-state index in [0.29, 0.717) is 37.4 Å². The van der Waals surface area contributed by atoms with E-state index in [4.69, 9.17) is 4.74 Å². The molecule has 32 heavy (non-hydrogen) atoms. The Morgan fingerprint density at radius 2 is 1.53 bits per heavy atom. The van der Waals surface area contributed by atoms with Gasteiger partial charge in [0.1, 0.15) is 12.4 Å². The van der Waals surface area contributed by atoms with Crippen LogP contribution in [0.15, 0.2) is 78.9 Å². The molecular weight excluding hydrogens is 417 g/mol. The number of hydrogen-bond acceptors (Lipinski definition) is 3. The van der Waals surface area contributed by atoms with E-state index in [2.05, 4.69) is 0 Å². The molecule has 166 valence electrons. The number of piperazine rings is 1. The molecule has 3 aromatic rings. The molecule has 0 radical (unpaired) electrons. The average Bonchev–Trinajstić information content (AvgIpc) is 2.83. The number of carbonyl (C=O) groups excluding carboxylic acids is 1. The van der Waals surface area contributed by atoms with Gasteiger partial charge in [-0.05, 0) is 36.4 Å². The fraction of sp³-hybridized carbons (Fsp3) is 0.240. The summed E-state index contributed by atoms with van der Waals surface area (Å²) in [5, 5.41) is 0. The molecule has 1 aliphatic heterocycles. The summed E-state index contributed by atoms with van der Waals surface area (Å²) in [6, 6.07) is 22.0. The van der Waals surface area contributed by atoms with Crippen molar-refractivity contribution < 1.29 is 22.7 Å². The summed E-state index contributed by atoms with van der Waals surface area (Å²) in [7, 11) is 0. The molecule has 0 unspecified atom stereocenters. The first-order valence-electron chi connectivity index (χ1n) is 10.4. The second kappa shape index (κ2) is 9.34. The van der Waals surface area contributed by atoms with E-state index in [1.165, 1.54) is 6.07 Å². The van der Waals surface area contributed by atoms with Gasteiger partial charge in [-0.2, -0.15) is 13.2 Å². The van der Waals surface area contributed by atoms with Crippen molar-refractivity contribution in [1.29, 1.82) is 0 Å². The molecule has 0 aromatic heterocycles. The van der Waals surface area contributed by atoms with Crippen LogP contribution in [0.5, 0.6) is 5.75 Å². The van der Waals surface area contributed by atoms with Crippen LogP contribution in [-0.2, 0) is 12.8 Å². The summed E-state index contributed by atoms with van der Waals surface area (Å²) >= 11 is 0. The Morgan fingerprint density at radius 1 is 0.844 bits per heavy atom. The average molecular weight is 440 g/mol. The Morgan fingerprint density at radius 3 is 2.25 bits per heavy atom. The van der Waals surface area contributed by atoms with Crippen molar-refractivity contribution >= 4 is 11.6 Å². The predicted molar refractivity (Wildman–Crippen MR) is 117 cm³/mol. The van der Waals surface area contributed by atoms with Gasteiger partial charge in [-0.1, -0.05) is 42.5 Å². The lowest BCUT2D eigenvalue weighted by molar-refractivity contribution is -0.137. The third-order valence-electron chi connectivity index (χ3n) is 5.49. The molecule has 0 aliphatic carbocycles. The maximum Gasteiger partial charge on any atom is 0.416 e. The van der Waals surface area contributed by atoms with Gasteiger partial charge in [0.05, 0.1) is 5.56 Å². The molecule has 7 heteroatoms. The van der Waals surface area contributed by atoms with Crippen LogP contribution in [0.4, 0.5) is 18.9 Å². The third-order valence-corrected chi connectivity index (χ3v) is 5.49. The van der Waals surface area contributed by atoms with Gasteiger partial charge in [-0.25, -0.2) is 0 Å². The second-order valence-corrected chi connectivity index (χ2v) is 7.59. The molecule has 3 aromatic carbocycles. The first-order valence-corrected chi connectivity index (χ1v) is 10.4. The van der Waals surface area contributed by atoms with E-state index in [-0.39, 0.29) is 12.5 Å². The normalized spacial score (nSPS) is 14.3. The highest BCUT2D eigenvalue weighted by Gasteiger charge is 2.31. The largest absolute Gasteiger partial charge is 0.489 e. The lowest BCUT2D eigenvalue weighted by Crippen LogP contribution is -2.49. The van der Waals surface area contributed by atoms with Crippen molar-refractivity contribution in [3.8, 4) is 5.75 Å². The highest BCUT2D eigenvalue weighted by molar-refractivity contribution is 5.95. The lowest BCUT2D eigenvalue weighted by atomic mass is 10.1. The van der Waals surface area contributed by atoms with Gasteiger partial charge >= 0.3 is 6.18 Å². The monoisotopic (exact) mass is 440 g/mol. The van der Waals surface area contributed by atoms with Crippen molar-refractivity contribution in [3.63, 3.8) is 0 Å². The zero-order valence-corrected chi connectivity index (χ0v) is 17.4. The molecule has 1 heterocycles. The number of halogens is 3. The summed E-state index contributed by atoms with van der Waals surface area (Å²) in [4.78, 5) is 16.8. The molecule has 1 saturated heterocycles. The smallest absolute Gasteiger partial charge is 0.416 e. The van der Waals surface area contributed by atoms with Crippen LogP contribution in [0, 0.1) is 0 Å². The zero-order chi connectivity index (χ0) is 22.6. The van der Waals surface area contributed by atoms with E-state index in [1.807, 2.05) is 53.4 Å². The van der Waals surface area contributed by atoms with Crippen molar-refractivity contribution in [3.05, 3.63) is 95.6 Å². The van der Waals surface area contributed by atoms with E-state index in [0.717, 1.165) is 23.4 Å².